The van der Waals surface area contributed by atoms with Crippen LogP contribution in [0.1, 0.15) is 47.3 Å². The first-order valence-corrected chi connectivity index (χ1v) is 14.0. The molecule has 1 aliphatic heterocycles. The molecule has 2 fully saturated rings. The molecule has 0 radical (unpaired) electrons. The van der Waals surface area contributed by atoms with E-state index in [1.165, 1.54) is 35.9 Å². The summed E-state index contributed by atoms with van der Waals surface area (Å²) in [4.78, 5) is 34.8. The Labute approximate surface area is 206 Å². The molecule has 1 aromatic carbocycles. The number of rotatable bonds is 8. The summed E-state index contributed by atoms with van der Waals surface area (Å²) in [5, 5.41) is 2.13. The van der Waals surface area contributed by atoms with Gasteiger partial charge in [-0.2, -0.15) is 0 Å². The Kier molecular flexibility index (Phi) is 8.87. The van der Waals surface area contributed by atoms with Crippen molar-refractivity contribution in [3.8, 4) is 0 Å². The van der Waals surface area contributed by atoms with Crippen molar-refractivity contribution in [3.05, 3.63) is 52.2 Å². The van der Waals surface area contributed by atoms with E-state index in [1.54, 1.807) is 0 Å². The first-order chi connectivity index (χ1) is 16.1. The molecule has 1 aliphatic carbocycles. The molecule has 2 heterocycles. The molecular formula is C26H35N3O2S2. The number of thioether (sulfide) groups is 1. The van der Waals surface area contributed by atoms with Gasteiger partial charge in [-0.25, -0.2) is 0 Å². The minimum Gasteiger partial charge on any atom is -0.342 e. The summed E-state index contributed by atoms with van der Waals surface area (Å²) >= 11 is 3.31. The highest BCUT2D eigenvalue weighted by atomic mass is 32.2. The van der Waals surface area contributed by atoms with E-state index in [-0.39, 0.29) is 11.8 Å². The summed E-state index contributed by atoms with van der Waals surface area (Å²) in [6, 6.07) is 12.4. The van der Waals surface area contributed by atoms with Gasteiger partial charge in [0.2, 0.25) is 5.91 Å². The molecule has 0 N–H and O–H groups in total. The Hall–Kier alpha value is -1.83. The van der Waals surface area contributed by atoms with E-state index in [0.717, 1.165) is 62.4 Å². The van der Waals surface area contributed by atoms with Crippen molar-refractivity contribution in [2.24, 2.45) is 0 Å². The Morgan fingerprint density at radius 1 is 1.03 bits per heavy atom. The van der Waals surface area contributed by atoms with Gasteiger partial charge in [-0.1, -0.05) is 37.5 Å². The number of hydrogen-bond acceptors (Lipinski definition) is 5. The molecule has 2 amide bonds. The second-order valence-corrected chi connectivity index (χ2v) is 11.1. The van der Waals surface area contributed by atoms with E-state index in [2.05, 4.69) is 22.4 Å². The fourth-order valence-electron chi connectivity index (χ4n) is 4.75. The molecule has 1 saturated heterocycles. The molecule has 0 spiro atoms. The molecule has 0 atom stereocenters. The quantitative estimate of drug-likeness (QED) is 0.512. The van der Waals surface area contributed by atoms with Crippen LogP contribution in [0.2, 0.25) is 0 Å². The van der Waals surface area contributed by atoms with Crippen molar-refractivity contribution in [3.63, 3.8) is 0 Å². The molecular weight excluding hydrogens is 450 g/mol. The van der Waals surface area contributed by atoms with Crippen molar-refractivity contribution in [2.75, 3.05) is 45.5 Å². The average molecular weight is 486 g/mol. The number of piperazine rings is 1. The van der Waals surface area contributed by atoms with Crippen LogP contribution < -0.4 is 0 Å². The van der Waals surface area contributed by atoms with Gasteiger partial charge in [0.1, 0.15) is 0 Å². The Bertz CT molecular complexity index is 904. The minimum atomic E-state index is 0.0871. The monoisotopic (exact) mass is 485 g/mol. The molecule has 2 aromatic rings. The molecule has 0 bridgehead atoms. The Morgan fingerprint density at radius 2 is 1.79 bits per heavy atom. The van der Waals surface area contributed by atoms with Gasteiger partial charge in [0.15, 0.2) is 0 Å². The van der Waals surface area contributed by atoms with Crippen molar-refractivity contribution >= 4 is 34.9 Å². The standard InChI is InChI=1S/C26H35N3O2S2/c1-27(21-8-3-2-4-9-21)25(30)20-33-24-12-6-5-11-23(24)26(31)29-17-15-28(16-18-29)14-13-22-10-7-19-32-22/h5-7,10-12,19,21H,2-4,8-9,13-18,20H2,1H3. The zero-order valence-corrected chi connectivity index (χ0v) is 21.2. The minimum absolute atomic E-state index is 0.0871. The molecule has 4 rings (SSSR count). The van der Waals surface area contributed by atoms with Crippen LogP contribution in [0.25, 0.3) is 0 Å². The van der Waals surface area contributed by atoms with Crippen LogP contribution in [0.15, 0.2) is 46.7 Å². The summed E-state index contributed by atoms with van der Waals surface area (Å²) in [7, 11) is 1.94. The van der Waals surface area contributed by atoms with E-state index < -0.39 is 0 Å². The van der Waals surface area contributed by atoms with E-state index in [4.69, 9.17) is 0 Å². The number of benzene rings is 1. The molecule has 0 unspecified atom stereocenters. The second-order valence-electron chi connectivity index (χ2n) is 9.04. The first kappa shape index (κ1) is 24.3. The topological polar surface area (TPSA) is 43.9 Å². The highest BCUT2D eigenvalue weighted by Gasteiger charge is 2.25. The van der Waals surface area contributed by atoms with E-state index in [0.29, 0.717) is 11.8 Å². The number of carbonyl (C=O) groups is 2. The van der Waals surface area contributed by atoms with Gasteiger partial charge in [-0.3, -0.25) is 14.5 Å². The lowest BCUT2D eigenvalue weighted by Gasteiger charge is -2.35. The fourth-order valence-corrected chi connectivity index (χ4v) is 6.42. The average Bonchev–Trinajstić information content (AvgIpc) is 3.40. The van der Waals surface area contributed by atoms with Gasteiger partial charge >= 0.3 is 0 Å². The van der Waals surface area contributed by atoms with Crippen molar-refractivity contribution in [1.29, 1.82) is 0 Å². The second kappa shape index (κ2) is 12.0. The molecule has 7 heteroatoms. The lowest BCUT2D eigenvalue weighted by atomic mass is 9.94. The fraction of sp³-hybridized carbons (Fsp3) is 0.538. The van der Waals surface area contributed by atoms with Gasteiger partial charge in [0.05, 0.1) is 11.3 Å². The van der Waals surface area contributed by atoms with Crippen LogP contribution in [-0.2, 0) is 11.2 Å². The normalized spacial score (nSPS) is 17.8. The molecule has 5 nitrogen and oxygen atoms in total. The van der Waals surface area contributed by atoms with Gasteiger partial charge in [-0.05, 0) is 42.8 Å². The molecule has 1 saturated carbocycles. The van der Waals surface area contributed by atoms with Gasteiger partial charge in [0.25, 0.3) is 5.91 Å². The summed E-state index contributed by atoms with van der Waals surface area (Å²) in [5.41, 5.74) is 0.725. The molecule has 33 heavy (non-hydrogen) atoms. The van der Waals surface area contributed by atoms with Crippen LogP contribution in [0.4, 0.5) is 0 Å². The molecule has 2 aliphatic rings. The maximum atomic E-state index is 13.3. The third kappa shape index (κ3) is 6.61. The van der Waals surface area contributed by atoms with Crippen LogP contribution >= 0.6 is 23.1 Å². The van der Waals surface area contributed by atoms with Gasteiger partial charge < -0.3 is 9.80 Å². The zero-order valence-electron chi connectivity index (χ0n) is 19.6. The van der Waals surface area contributed by atoms with Crippen molar-refractivity contribution < 1.29 is 9.59 Å². The highest BCUT2D eigenvalue weighted by molar-refractivity contribution is 8.00. The third-order valence-corrected chi connectivity index (χ3v) is 8.89. The summed E-state index contributed by atoms with van der Waals surface area (Å²) in [6.45, 7) is 4.39. The van der Waals surface area contributed by atoms with Gasteiger partial charge in [0, 0.05) is 55.6 Å². The Morgan fingerprint density at radius 3 is 2.52 bits per heavy atom. The van der Waals surface area contributed by atoms with Crippen LogP contribution in [0, 0.1) is 0 Å². The van der Waals surface area contributed by atoms with E-state index in [1.807, 2.05) is 52.4 Å². The predicted octanol–water partition coefficient (Wildman–Crippen LogP) is 4.63. The lowest BCUT2D eigenvalue weighted by molar-refractivity contribution is -0.129. The maximum absolute atomic E-state index is 13.3. The van der Waals surface area contributed by atoms with E-state index >= 15 is 0 Å². The Balaban J connectivity index is 1.28. The lowest BCUT2D eigenvalue weighted by Crippen LogP contribution is -2.49. The predicted molar refractivity (Wildman–Crippen MR) is 137 cm³/mol. The summed E-state index contributed by atoms with van der Waals surface area (Å²) in [5.74, 6) is 0.631. The third-order valence-electron chi connectivity index (χ3n) is 6.90. The largest absolute Gasteiger partial charge is 0.342 e. The molecule has 1 aromatic heterocycles. The molecule has 178 valence electrons. The smallest absolute Gasteiger partial charge is 0.255 e. The SMILES string of the molecule is CN(C(=O)CSc1ccccc1C(=O)N1CCN(CCc2cccs2)CC1)C1CCCCC1. The van der Waals surface area contributed by atoms with Crippen LogP contribution in [0.3, 0.4) is 0 Å². The van der Waals surface area contributed by atoms with Crippen LogP contribution in [0.5, 0.6) is 0 Å². The number of amides is 2. The number of carbonyl (C=O) groups excluding carboxylic acids is 2. The number of thiophene rings is 1. The van der Waals surface area contributed by atoms with Gasteiger partial charge in [-0.15, -0.1) is 23.1 Å². The number of nitrogens with zero attached hydrogens (tertiary/aromatic N) is 3. The summed E-state index contributed by atoms with van der Waals surface area (Å²) in [6.07, 6.45) is 7.02. The number of hydrogen-bond donors (Lipinski definition) is 0. The van der Waals surface area contributed by atoms with Crippen molar-refractivity contribution in [2.45, 2.75) is 49.5 Å². The summed E-state index contributed by atoms with van der Waals surface area (Å²) < 4.78 is 0. The maximum Gasteiger partial charge on any atom is 0.255 e. The zero-order chi connectivity index (χ0) is 23.0. The van der Waals surface area contributed by atoms with E-state index in [9.17, 15) is 9.59 Å². The first-order valence-electron chi connectivity index (χ1n) is 12.1. The highest BCUT2D eigenvalue weighted by Crippen LogP contribution is 2.27. The van der Waals surface area contributed by atoms with Crippen molar-refractivity contribution in [1.82, 2.24) is 14.7 Å². The van der Waals surface area contributed by atoms with Crippen LogP contribution in [-0.4, -0.2) is 78.1 Å².